The van der Waals surface area contributed by atoms with E-state index >= 15 is 0 Å². The predicted molar refractivity (Wildman–Crippen MR) is 118 cm³/mol. The summed E-state index contributed by atoms with van der Waals surface area (Å²) in [6.07, 6.45) is 0.577. The van der Waals surface area contributed by atoms with E-state index < -0.39 is 6.36 Å². The number of aliphatic imine (C=N–C) groups is 1. The minimum atomic E-state index is -4.75. The first-order valence-corrected chi connectivity index (χ1v) is 9.48. The van der Waals surface area contributed by atoms with E-state index in [2.05, 4.69) is 25.3 Å². The molecule has 31 heavy (non-hydrogen) atoms. The molecule has 0 fully saturated rings. The number of amidine groups is 1. The average molecular weight is 431 g/mol. The summed E-state index contributed by atoms with van der Waals surface area (Å²) >= 11 is 0. The molecule has 0 saturated heterocycles. The van der Waals surface area contributed by atoms with Gasteiger partial charge in [0.2, 0.25) is 0 Å². The summed E-state index contributed by atoms with van der Waals surface area (Å²) in [5.74, 6) is 0.652. The van der Waals surface area contributed by atoms with Crippen LogP contribution in [-0.4, -0.2) is 23.4 Å². The summed E-state index contributed by atoms with van der Waals surface area (Å²) in [4.78, 5) is 8.72. The van der Waals surface area contributed by atoms with Crippen LogP contribution in [0.2, 0.25) is 0 Å². The summed E-state index contributed by atoms with van der Waals surface area (Å²) in [6, 6.07) is 10.7. The highest BCUT2D eigenvalue weighted by molar-refractivity contribution is 6.20. The predicted octanol–water partition coefficient (Wildman–Crippen LogP) is 6.14. The second-order valence-corrected chi connectivity index (χ2v) is 6.53. The molecule has 1 heterocycles. The number of aromatic nitrogens is 1. The van der Waals surface area contributed by atoms with Gasteiger partial charge in [-0.3, -0.25) is 0 Å². The molecule has 0 unspecified atom stereocenters. The molecular weight excluding hydrogens is 407 g/mol. The summed E-state index contributed by atoms with van der Waals surface area (Å²) < 4.78 is 40.9. The number of benzene rings is 1. The molecule has 1 aromatic heterocycles. The lowest BCUT2D eigenvalue weighted by Crippen LogP contribution is -2.19. The quantitative estimate of drug-likeness (QED) is 0.346. The Balaban J connectivity index is 2.32. The zero-order valence-electron chi connectivity index (χ0n) is 17.4. The van der Waals surface area contributed by atoms with Gasteiger partial charge in [-0.05, 0) is 56.7 Å². The Hall–Kier alpha value is -3.62. The Labute approximate surface area is 179 Å². The molecule has 0 atom stereocenters. The number of allylic oxidation sites excluding steroid dienone is 2. The highest BCUT2D eigenvalue weighted by Gasteiger charge is 2.30. The van der Waals surface area contributed by atoms with Crippen molar-refractivity contribution in [2.45, 2.75) is 33.6 Å². The van der Waals surface area contributed by atoms with E-state index in [4.69, 9.17) is 5.41 Å². The highest BCUT2D eigenvalue weighted by atomic mass is 19.4. The van der Waals surface area contributed by atoms with Crippen LogP contribution < -0.4 is 15.4 Å². The molecule has 9 heteroatoms. The SMILES string of the molecule is CC/C(C)=C/N=C(Nc1ccccn1)\C(C=N)=C(/C)Nc1ccc(OC(F)(F)F)cc1. The number of halogens is 3. The maximum atomic E-state index is 12.3. The van der Waals surface area contributed by atoms with Crippen LogP contribution in [0.25, 0.3) is 0 Å². The maximum Gasteiger partial charge on any atom is 0.573 e. The van der Waals surface area contributed by atoms with Gasteiger partial charge in [0.15, 0.2) is 0 Å². The first-order chi connectivity index (χ1) is 14.7. The van der Waals surface area contributed by atoms with Gasteiger partial charge < -0.3 is 20.8 Å². The van der Waals surface area contributed by atoms with Gasteiger partial charge in [-0.15, -0.1) is 13.2 Å². The first kappa shape index (κ1) is 23.7. The van der Waals surface area contributed by atoms with Crippen LogP contribution in [0.15, 0.2) is 76.7 Å². The molecule has 2 aromatic rings. The Morgan fingerprint density at radius 1 is 1.13 bits per heavy atom. The van der Waals surface area contributed by atoms with Gasteiger partial charge in [0, 0.05) is 30.0 Å². The van der Waals surface area contributed by atoms with Crippen molar-refractivity contribution in [3.05, 3.63) is 71.7 Å². The van der Waals surface area contributed by atoms with Crippen LogP contribution in [0.5, 0.6) is 5.75 Å². The third kappa shape index (κ3) is 7.96. The molecule has 0 radical (unpaired) electrons. The van der Waals surface area contributed by atoms with E-state index in [-0.39, 0.29) is 5.75 Å². The molecule has 0 bridgehead atoms. The fraction of sp³-hybridized carbons (Fsp3) is 0.227. The molecule has 0 amide bonds. The molecule has 0 aliphatic heterocycles. The molecule has 0 aliphatic rings. The molecule has 0 aliphatic carbocycles. The van der Waals surface area contributed by atoms with Crippen molar-refractivity contribution >= 4 is 23.6 Å². The molecule has 1 aromatic carbocycles. The van der Waals surface area contributed by atoms with Crippen LogP contribution in [0.3, 0.4) is 0 Å². The van der Waals surface area contributed by atoms with Crippen molar-refractivity contribution in [2.24, 2.45) is 4.99 Å². The summed E-state index contributed by atoms with van der Waals surface area (Å²) in [6.45, 7) is 5.71. The Morgan fingerprint density at radius 3 is 2.39 bits per heavy atom. The van der Waals surface area contributed by atoms with Crippen LogP contribution in [-0.2, 0) is 0 Å². The Morgan fingerprint density at radius 2 is 1.84 bits per heavy atom. The summed E-state index contributed by atoms with van der Waals surface area (Å²) in [7, 11) is 0. The lowest BCUT2D eigenvalue weighted by molar-refractivity contribution is -0.274. The Kier molecular flexibility index (Phi) is 8.36. The lowest BCUT2D eigenvalue weighted by Gasteiger charge is -2.15. The number of alkyl halides is 3. The van der Waals surface area contributed by atoms with Crippen molar-refractivity contribution in [2.75, 3.05) is 10.6 Å². The molecule has 164 valence electrons. The minimum absolute atomic E-state index is 0.314. The lowest BCUT2D eigenvalue weighted by atomic mass is 10.2. The van der Waals surface area contributed by atoms with Gasteiger partial charge in [-0.25, -0.2) is 9.98 Å². The smallest absolute Gasteiger partial charge is 0.406 e. The molecular formula is C22H24F3N5O. The van der Waals surface area contributed by atoms with E-state index in [0.717, 1.165) is 18.2 Å². The normalized spacial score (nSPS) is 13.4. The standard InChI is InChI=1S/C22H24F3N5O/c1-4-15(2)14-28-21(30-20-7-5-6-12-27-20)19(13-26)16(3)29-17-8-10-18(11-9-17)31-22(23,24)25/h5-14,26,29H,4H2,1-3H3,(H,27,28,30)/b15-14+,19-16+,26-13?. The number of hydrogen-bond acceptors (Lipinski definition) is 5. The topological polar surface area (TPSA) is 82.4 Å². The van der Waals surface area contributed by atoms with Crippen molar-refractivity contribution in [1.29, 1.82) is 5.41 Å². The van der Waals surface area contributed by atoms with Gasteiger partial charge >= 0.3 is 6.36 Å². The molecule has 3 N–H and O–H groups in total. The molecule has 6 nitrogen and oxygen atoms in total. The van der Waals surface area contributed by atoms with E-state index in [1.165, 1.54) is 24.3 Å². The largest absolute Gasteiger partial charge is 0.573 e. The third-order valence-electron chi connectivity index (χ3n) is 4.11. The second-order valence-electron chi connectivity index (χ2n) is 6.53. The van der Waals surface area contributed by atoms with Crippen molar-refractivity contribution < 1.29 is 17.9 Å². The van der Waals surface area contributed by atoms with Gasteiger partial charge in [-0.1, -0.05) is 18.6 Å². The molecule has 2 rings (SSSR count). The summed E-state index contributed by atoms with van der Waals surface area (Å²) in [5, 5.41) is 14.1. The van der Waals surface area contributed by atoms with Gasteiger partial charge in [0.05, 0.1) is 5.57 Å². The van der Waals surface area contributed by atoms with Crippen LogP contribution >= 0.6 is 0 Å². The monoisotopic (exact) mass is 431 g/mol. The molecule has 0 saturated carbocycles. The molecule has 0 spiro atoms. The zero-order valence-corrected chi connectivity index (χ0v) is 17.4. The number of hydrogen-bond donors (Lipinski definition) is 3. The van der Waals surface area contributed by atoms with E-state index in [1.807, 2.05) is 19.9 Å². The van der Waals surface area contributed by atoms with Gasteiger partial charge in [0.25, 0.3) is 0 Å². The third-order valence-corrected chi connectivity index (χ3v) is 4.11. The van der Waals surface area contributed by atoms with Crippen molar-refractivity contribution in [3.63, 3.8) is 0 Å². The number of nitrogens with one attached hydrogen (secondary N) is 3. The van der Waals surface area contributed by atoms with Gasteiger partial charge in [-0.2, -0.15) is 0 Å². The maximum absolute atomic E-state index is 12.3. The Bertz CT molecular complexity index is 965. The van der Waals surface area contributed by atoms with E-state index in [0.29, 0.717) is 28.6 Å². The fourth-order valence-electron chi connectivity index (χ4n) is 2.37. The van der Waals surface area contributed by atoms with Gasteiger partial charge in [0.1, 0.15) is 17.4 Å². The number of pyridine rings is 1. The number of anilines is 2. The first-order valence-electron chi connectivity index (χ1n) is 9.48. The van der Waals surface area contributed by atoms with Crippen molar-refractivity contribution in [1.82, 2.24) is 4.98 Å². The van der Waals surface area contributed by atoms with Crippen LogP contribution in [0.1, 0.15) is 27.2 Å². The van der Waals surface area contributed by atoms with E-state index in [9.17, 15) is 13.2 Å². The average Bonchev–Trinajstić information content (AvgIpc) is 2.73. The number of rotatable bonds is 8. The van der Waals surface area contributed by atoms with E-state index in [1.54, 1.807) is 31.5 Å². The summed E-state index contributed by atoms with van der Waals surface area (Å²) in [5.41, 5.74) is 2.62. The number of nitrogens with zero attached hydrogens (tertiary/aromatic N) is 2. The zero-order chi connectivity index (χ0) is 22.9. The minimum Gasteiger partial charge on any atom is -0.406 e. The van der Waals surface area contributed by atoms with Crippen LogP contribution in [0, 0.1) is 5.41 Å². The fourth-order valence-corrected chi connectivity index (χ4v) is 2.37. The number of ether oxygens (including phenoxy) is 1. The van der Waals surface area contributed by atoms with Crippen LogP contribution in [0.4, 0.5) is 24.7 Å². The second kappa shape index (κ2) is 11.0. The van der Waals surface area contributed by atoms with Crippen molar-refractivity contribution in [3.8, 4) is 5.75 Å². The highest BCUT2D eigenvalue weighted by Crippen LogP contribution is 2.24.